The van der Waals surface area contributed by atoms with Crippen LogP contribution in [0.2, 0.25) is 5.15 Å². The van der Waals surface area contributed by atoms with E-state index in [0.29, 0.717) is 34.7 Å². The molecule has 8 heteroatoms. The van der Waals surface area contributed by atoms with Gasteiger partial charge in [-0.05, 0) is 45.4 Å². The summed E-state index contributed by atoms with van der Waals surface area (Å²) < 4.78 is 5.72. The highest BCUT2D eigenvalue weighted by molar-refractivity contribution is 7.98. The Labute approximate surface area is 188 Å². The molecule has 1 fully saturated rings. The molecule has 2 atom stereocenters. The maximum atomic E-state index is 12.8. The van der Waals surface area contributed by atoms with E-state index in [1.807, 2.05) is 43.0 Å². The quantitative estimate of drug-likeness (QED) is 0.352. The van der Waals surface area contributed by atoms with Gasteiger partial charge >= 0.3 is 0 Å². The van der Waals surface area contributed by atoms with Crippen molar-refractivity contribution >= 4 is 35.1 Å². The minimum absolute atomic E-state index is 0.0539. The van der Waals surface area contributed by atoms with Crippen LogP contribution in [-0.4, -0.2) is 59.2 Å². The lowest BCUT2D eigenvalue weighted by atomic mass is 10.1. The first-order chi connectivity index (χ1) is 14.4. The van der Waals surface area contributed by atoms with Crippen LogP contribution < -0.4 is 4.90 Å². The van der Waals surface area contributed by atoms with Gasteiger partial charge in [0, 0.05) is 43.6 Å². The lowest BCUT2D eigenvalue weighted by molar-refractivity contribution is -0.0586. The maximum Gasteiger partial charge on any atom is 0.254 e. The van der Waals surface area contributed by atoms with Crippen LogP contribution in [-0.2, 0) is 10.5 Å². The molecule has 1 aliphatic heterocycles. The van der Waals surface area contributed by atoms with Gasteiger partial charge in [0.15, 0.2) is 5.16 Å². The average Bonchev–Trinajstić information content (AvgIpc) is 2.72. The molecular weight excluding hydrogens is 420 g/mol. The van der Waals surface area contributed by atoms with Gasteiger partial charge in [-0.2, -0.15) is 0 Å². The fourth-order valence-electron chi connectivity index (χ4n) is 3.58. The van der Waals surface area contributed by atoms with Gasteiger partial charge in [-0.25, -0.2) is 9.97 Å². The predicted octanol–water partition coefficient (Wildman–Crippen LogP) is 4.52. The van der Waals surface area contributed by atoms with Crippen molar-refractivity contribution in [2.24, 2.45) is 0 Å². The van der Waals surface area contributed by atoms with Gasteiger partial charge < -0.3 is 14.5 Å². The number of hydrogen-bond acceptors (Lipinski definition) is 6. The van der Waals surface area contributed by atoms with E-state index in [0.717, 1.165) is 24.5 Å². The molecule has 1 amide bonds. The van der Waals surface area contributed by atoms with Crippen LogP contribution in [0.15, 0.2) is 35.5 Å². The minimum atomic E-state index is 0.0539. The molecule has 1 aromatic heterocycles. The van der Waals surface area contributed by atoms with Crippen LogP contribution in [0.1, 0.15) is 43.6 Å². The summed E-state index contributed by atoms with van der Waals surface area (Å²) in [5.41, 5.74) is 1.81. The lowest BCUT2D eigenvalue weighted by Crippen LogP contribution is -2.48. The number of thioether (sulfide) groups is 1. The molecule has 1 saturated heterocycles. The molecule has 0 radical (unpaired) electrons. The van der Waals surface area contributed by atoms with E-state index in [-0.39, 0.29) is 18.1 Å². The molecule has 2 aromatic rings. The normalized spacial score (nSPS) is 19.0. The molecule has 3 rings (SSSR count). The van der Waals surface area contributed by atoms with Gasteiger partial charge in [0.25, 0.3) is 5.91 Å². The Kier molecular flexibility index (Phi) is 7.97. The van der Waals surface area contributed by atoms with Crippen molar-refractivity contribution in [1.82, 2.24) is 14.9 Å². The van der Waals surface area contributed by atoms with Crippen molar-refractivity contribution in [2.75, 3.05) is 31.1 Å². The average molecular weight is 449 g/mol. The first-order valence-electron chi connectivity index (χ1n) is 10.4. The summed E-state index contributed by atoms with van der Waals surface area (Å²) in [7, 11) is 0. The van der Waals surface area contributed by atoms with E-state index in [1.54, 1.807) is 6.07 Å². The van der Waals surface area contributed by atoms with E-state index in [1.165, 1.54) is 11.8 Å². The molecule has 162 valence electrons. The zero-order valence-electron chi connectivity index (χ0n) is 18.0. The third kappa shape index (κ3) is 5.86. The number of benzene rings is 1. The molecule has 2 unspecified atom stereocenters. The number of hydrogen-bond donors (Lipinski definition) is 0. The highest BCUT2D eigenvalue weighted by Crippen LogP contribution is 2.25. The molecule has 1 aromatic carbocycles. The lowest BCUT2D eigenvalue weighted by Gasteiger charge is -2.35. The monoisotopic (exact) mass is 448 g/mol. The number of morpholine rings is 1. The summed E-state index contributed by atoms with van der Waals surface area (Å²) in [5.74, 6) is 1.61. The van der Waals surface area contributed by atoms with Crippen LogP contribution in [0.25, 0.3) is 0 Å². The number of rotatable bonds is 7. The molecule has 30 heavy (non-hydrogen) atoms. The number of nitrogens with zero attached hydrogens (tertiary/aromatic N) is 4. The van der Waals surface area contributed by atoms with Crippen molar-refractivity contribution in [3.8, 4) is 0 Å². The fraction of sp³-hybridized carbons (Fsp3) is 0.500. The highest BCUT2D eigenvalue weighted by Gasteiger charge is 2.26. The Morgan fingerprint density at radius 1 is 1.17 bits per heavy atom. The number of carbonyl (C=O) groups is 1. The van der Waals surface area contributed by atoms with Gasteiger partial charge in [-0.1, -0.05) is 35.5 Å². The van der Waals surface area contributed by atoms with E-state index >= 15 is 0 Å². The van der Waals surface area contributed by atoms with Crippen LogP contribution in [0.5, 0.6) is 0 Å². The van der Waals surface area contributed by atoms with E-state index in [9.17, 15) is 4.79 Å². The highest BCUT2D eigenvalue weighted by atomic mass is 35.5. The van der Waals surface area contributed by atoms with Crippen molar-refractivity contribution < 1.29 is 9.53 Å². The number of anilines is 1. The summed E-state index contributed by atoms with van der Waals surface area (Å²) in [6.45, 7) is 11.2. The first-order valence-corrected chi connectivity index (χ1v) is 11.7. The van der Waals surface area contributed by atoms with Gasteiger partial charge in [-0.15, -0.1) is 0 Å². The Morgan fingerprint density at radius 2 is 1.80 bits per heavy atom. The molecular formula is C22H29ClN4O2S. The molecule has 0 bridgehead atoms. The summed E-state index contributed by atoms with van der Waals surface area (Å²) in [4.78, 5) is 25.8. The first kappa shape index (κ1) is 22.8. The standard InChI is InChI=1S/C22H29ClN4O2S/c1-5-26(6-2)20-11-19(23)24-22(25-20)30-14-17-7-9-18(10-8-17)21(28)27-12-15(3)29-16(4)13-27/h7-11,15-16H,5-6,12-14H2,1-4H3. The second-order valence-corrected chi connectivity index (χ2v) is 8.79. The molecule has 0 aliphatic carbocycles. The SMILES string of the molecule is CCN(CC)c1cc(Cl)nc(SCc2ccc(C(=O)N3CC(C)OC(C)C3)cc2)n1. The fourth-order valence-corrected chi connectivity index (χ4v) is 4.61. The van der Waals surface area contributed by atoms with Crippen LogP contribution in [0.3, 0.4) is 0 Å². The number of halogens is 1. The molecule has 1 aliphatic rings. The second-order valence-electron chi connectivity index (χ2n) is 7.46. The minimum Gasteiger partial charge on any atom is -0.372 e. The zero-order chi connectivity index (χ0) is 21.7. The van der Waals surface area contributed by atoms with Crippen molar-refractivity contribution in [2.45, 2.75) is 50.8 Å². The number of aromatic nitrogens is 2. The van der Waals surface area contributed by atoms with Gasteiger partial charge in [0.05, 0.1) is 12.2 Å². The molecule has 0 saturated carbocycles. The van der Waals surface area contributed by atoms with Gasteiger partial charge in [-0.3, -0.25) is 4.79 Å². The summed E-state index contributed by atoms with van der Waals surface area (Å²) in [6, 6.07) is 9.56. The molecule has 2 heterocycles. The number of carbonyl (C=O) groups excluding carboxylic acids is 1. The largest absolute Gasteiger partial charge is 0.372 e. The van der Waals surface area contributed by atoms with Crippen molar-refractivity contribution in [1.29, 1.82) is 0 Å². The molecule has 0 spiro atoms. The van der Waals surface area contributed by atoms with Crippen LogP contribution in [0, 0.1) is 0 Å². The Bertz CT molecular complexity index is 851. The molecule has 6 nitrogen and oxygen atoms in total. The van der Waals surface area contributed by atoms with Crippen molar-refractivity contribution in [3.05, 3.63) is 46.6 Å². The Hall–Kier alpha value is -1.83. The van der Waals surface area contributed by atoms with E-state index in [4.69, 9.17) is 16.3 Å². The van der Waals surface area contributed by atoms with Crippen molar-refractivity contribution in [3.63, 3.8) is 0 Å². The van der Waals surface area contributed by atoms with Gasteiger partial charge in [0.2, 0.25) is 0 Å². The van der Waals surface area contributed by atoms with Crippen LogP contribution in [0.4, 0.5) is 5.82 Å². The number of amides is 1. The van der Waals surface area contributed by atoms with E-state index < -0.39 is 0 Å². The summed E-state index contributed by atoms with van der Waals surface area (Å²) in [5, 5.41) is 1.10. The Balaban J connectivity index is 1.63. The maximum absolute atomic E-state index is 12.8. The second kappa shape index (κ2) is 10.5. The van der Waals surface area contributed by atoms with Crippen LogP contribution >= 0.6 is 23.4 Å². The third-order valence-electron chi connectivity index (χ3n) is 5.02. The Morgan fingerprint density at radius 3 is 2.40 bits per heavy atom. The topological polar surface area (TPSA) is 58.6 Å². The zero-order valence-corrected chi connectivity index (χ0v) is 19.5. The smallest absolute Gasteiger partial charge is 0.254 e. The molecule has 0 N–H and O–H groups in total. The third-order valence-corrected chi connectivity index (χ3v) is 6.14. The van der Waals surface area contributed by atoms with Gasteiger partial charge in [0.1, 0.15) is 11.0 Å². The van der Waals surface area contributed by atoms with E-state index in [2.05, 4.69) is 28.7 Å². The summed E-state index contributed by atoms with van der Waals surface area (Å²) >= 11 is 7.74. The summed E-state index contributed by atoms with van der Waals surface area (Å²) in [6.07, 6.45) is 0.125. The predicted molar refractivity (Wildman–Crippen MR) is 123 cm³/mol. The number of ether oxygens (including phenoxy) is 1.